The van der Waals surface area contributed by atoms with Gasteiger partial charge in [0.05, 0.1) is 5.41 Å². The van der Waals surface area contributed by atoms with Crippen molar-refractivity contribution < 1.29 is 14.7 Å². The summed E-state index contributed by atoms with van der Waals surface area (Å²) >= 11 is 0. The number of nitrogens with zero attached hydrogens (tertiary/aromatic N) is 1. The largest absolute Gasteiger partial charge is 0.481 e. The van der Waals surface area contributed by atoms with Crippen molar-refractivity contribution in [2.45, 2.75) is 45.4 Å². The Hall–Kier alpha value is -1.85. The van der Waals surface area contributed by atoms with Gasteiger partial charge < -0.3 is 10.4 Å². The van der Waals surface area contributed by atoms with Crippen molar-refractivity contribution in [3.63, 3.8) is 0 Å². The maximum Gasteiger partial charge on any atom is 0.311 e. The number of rotatable bonds is 4. The molecule has 0 spiro atoms. The Morgan fingerprint density at radius 3 is 2.50 bits per heavy atom. The number of nitrogens with one attached hydrogen (secondary N) is 2. The highest BCUT2D eigenvalue weighted by Gasteiger charge is 2.39. The van der Waals surface area contributed by atoms with Gasteiger partial charge in [0.25, 0.3) is 5.91 Å². The monoisotopic (exact) mass is 279 g/mol. The SMILES string of the molecule is Cc1cc(C(=O)NCC2(C(=O)O)CCCCCC2)n[nH]1. The Balaban J connectivity index is 2.01. The minimum absolute atomic E-state index is 0.174. The number of carbonyl (C=O) groups excluding carboxylic acids is 1. The van der Waals surface area contributed by atoms with Gasteiger partial charge in [-0.05, 0) is 25.8 Å². The van der Waals surface area contributed by atoms with Gasteiger partial charge >= 0.3 is 5.97 Å². The van der Waals surface area contributed by atoms with Crippen molar-refractivity contribution >= 4 is 11.9 Å². The van der Waals surface area contributed by atoms with Gasteiger partial charge in [-0.3, -0.25) is 14.7 Å². The van der Waals surface area contributed by atoms with Crippen LogP contribution >= 0.6 is 0 Å². The molecule has 2 rings (SSSR count). The van der Waals surface area contributed by atoms with Gasteiger partial charge in [-0.2, -0.15) is 5.10 Å². The van der Waals surface area contributed by atoms with Gasteiger partial charge in [-0.15, -0.1) is 0 Å². The Labute approximate surface area is 118 Å². The second-order valence-corrected chi connectivity index (χ2v) is 5.62. The van der Waals surface area contributed by atoms with E-state index < -0.39 is 11.4 Å². The molecular weight excluding hydrogens is 258 g/mol. The molecule has 0 saturated heterocycles. The molecule has 1 fully saturated rings. The van der Waals surface area contributed by atoms with Crippen LogP contribution < -0.4 is 5.32 Å². The van der Waals surface area contributed by atoms with E-state index in [1.807, 2.05) is 6.92 Å². The van der Waals surface area contributed by atoms with Crippen LogP contribution in [0.4, 0.5) is 0 Å². The second-order valence-electron chi connectivity index (χ2n) is 5.62. The number of carbonyl (C=O) groups is 2. The van der Waals surface area contributed by atoms with E-state index in [-0.39, 0.29) is 12.5 Å². The number of amides is 1. The first kappa shape index (κ1) is 14.6. The molecule has 0 aliphatic heterocycles. The fourth-order valence-electron chi connectivity index (χ4n) is 2.75. The number of carboxylic acids is 1. The fourth-order valence-corrected chi connectivity index (χ4v) is 2.75. The van der Waals surface area contributed by atoms with Crippen LogP contribution in [-0.4, -0.2) is 33.7 Å². The number of aliphatic carboxylic acids is 1. The lowest BCUT2D eigenvalue weighted by molar-refractivity contribution is -0.149. The summed E-state index contributed by atoms with van der Waals surface area (Å²) in [6.07, 6.45) is 5.21. The van der Waals surface area contributed by atoms with Crippen molar-refractivity contribution in [3.05, 3.63) is 17.5 Å². The van der Waals surface area contributed by atoms with E-state index >= 15 is 0 Å². The highest BCUT2D eigenvalue weighted by Crippen LogP contribution is 2.34. The van der Waals surface area contributed by atoms with Crippen molar-refractivity contribution in [2.75, 3.05) is 6.54 Å². The Bertz CT molecular complexity index is 488. The first-order valence-electron chi connectivity index (χ1n) is 7.07. The van der Waals surface area contributed by atoms with Crippen molar-refractivity contribution in [2.24, 2.45) is 5.41 Å². The van der Waals surface area contributed by atoms with Crippen molar-refractivity contribution in [1.82, 2.24) is 15.5 Å². The van der Waals surface area contributed by atoms with Gasteiger partial charge in [-0.25, -0.2) is 0 Å². The molecule has 0 atom stereocenters. The number of aromatic nitrogens is 2. The molecule has 3 N–H and O–H groups in total. The van der Waals surface area contributed by atoms with E-state index in [0.29, 0.717) is 18.5 Å². The summed E-state index contributed by atoms with van der Waals surface area (Å²) in [6, 6.07) is 1.65. The number of carboxylic acid groups (broad SMARTS) is 1. The highest BCUT2D eigenvalue weighted by atomic mass is 16.4. The second kappa shape index (κ2) is 6.07. The van der Waals surface area contributed by atoms with E-state index in [4.69, 9.17) is 0 Å². The van der Waals surface area contributed by atoms with Gasteiger partial charge in [0.1, 0.15) is 5.69 Å². The molecule has 0 unspecified atom stereocenters. The first-order chi connectivity index (χ1) is 9.53. The number of aromatic amines is 1. The predicted octanol–water partition coefficient (Wildman–Crippen LogP) is 1.87. The summed E-state index contributed by atoms with van der Waals surface area (Å²) in [5.74, 6) is -1.13. The quantitative estimate of drug-likeness (QED) is 0.733. The topological polar surface area (TPSA) is 95.1 Å². The summed E-state index contributed by atoms with van der Waals surface area (Å²) in [4.78, 5) is 23.6. The number of hydrogen-bond donors (Lipinski definition) is 3. The predicted molar refractivity (Wildman–Crippen MR) is 73.4 cm³/mol. The molecule has 20 heavy (non-hydrogen) atoms. The third kappa shape index (κ3) is 3.18. The zero-order chi connectivity index (χ0) is 14.6. The number of hydrogen-bond acceptors (Lipinski definition) is 3. The molecule has 0 bridgehead atoms. The van der Waals surface area contributed by atoms with E-state index in [2.05, 4.69) is 15.5 Å². The lowest BCUT2D eigenvalue weighted by atomic mass is 9.80. The fraction of sp³-hybridized carbons (Fsp3) is 0.643. The molecule has 1 heterocycles. The molecule has 110 valence electrons. The van der Waals surface area contributed by atoms with Crippen LogP contribution in [0.3, 0.4) is 0 Å². The lowest BCUT2D eigenvalue weighted by Crippen LogP contribution is -2.43. The molecule has 1 aromatic rings. The first-order valence-corrected chi connectivity index (χ1v) is 7.07. The Kier molecular flexibility index (Phi) is 4.42. The molecule has 6 heteroatoms. The maximum absolute atomic E-state index is 12.0. The zero-order valence-electron chi connectivity index (χ0n) is 11.7. The lowest BCUT2D eigenvalue weighted by Gasteiger charge is -2.28. The number of aryl methyl sites for hydroxylation is 1. The van der Waals surface area contributed by atoms with Crippen LogP contribution in [0, 0.1) is 12.3 Å². The van der Waals surface area contributed by atoms with Crippen LogP contribution in [-0.2, 0) is 4.79 Å². The van der Waals surface area contributed by atoms with E-state index in [1.165, 1.54) is 0 Å². The van der Waals surface area contributed by atoms with Crippen LogP contribution in [0.5, 0.6) is 0 Å². The summed E-state index contributed by atoms with van der Waals surface area (Å²) in [5, 5.41) is 18.8. The standard InChI is InChI=1S/C14H21N3O3/c1-10-8-11(17-16-10)12(18)15-9-14(13(19)20)6-4-2-3-5-7-14/h8H,2-7,9H2,1H3,(H,15,18)(H,16,17)(H,19,20). The molecule has 1 aliphatic rings. The van der Waals surface area contributed by atoms with Crippen LogP contribution in [0.2, 0.25) is 0 Å². The Morgan fingerprint density at radius 2 is 2.00 bits per heavy atom. The van der Waals surface area contributed by atoms with Gasteiger partial charge in [0, 0.05) is 12.2 Å². The van der Waals surface area contributed by atoms with E-state index in [1.54, 1.807) is 6.07 Å². The van der Waals surface area contributed by atoms with E-state index in [0.717, 1.165) is 31.4 Å². The van der Waals surface area contributed by atoms with Gasteiger partial charge in [0.2, 0.25) is 0 Å². The molecular formula is C14H21N3O3. The van der Waals surface area contributed by atoms with Gasteiger partial charge in [-0.1, -0.05) is 25.7 Å². The molecule has 1 aliphatic carbocycles. The molecule has 6 nitrogen and oxygen atoms in total. The van der Waals surface area contributed by atoms with Crippen LogP contribution in [0.25, 0.3) is 0 Å². The third-order valence-corrected chi connectivity index (χ3v) is 4.04. The minimum Gasteiger partial charge on any atom is -0.481 e. The normalized spacial score (nSPS) is 18.2. The van der Waals surface area contributed by atoms with E-state index in [9.17, 15) is 14.7 Å². The Morgan fingerprint density at radius 1 is 1.35 bits per heavy atom. The average Bonchev–Trinajstić information content (AvgIpc) is 2.71. The summed E-state index contributed by atoms with van der Waals surface area (Å²) in [7, 11) is 0. The van der Waals surface area contributed by atoms with Crippen molar-refractivity contribution in [3.8, 4) is 0 Å². The van der Waals surface area contributed by atoms with Crippen LogP contribution in [0.1, 0.15) is 54.7 Å². The summed E-state index contributed by atoms with van der Waals surface area (Å²) < 4.78 is 0. The third-order valence-electron chi connectivity index (χ3n) is 4.04. The molecule has 1 saturated carbocycles. The molecule has 1 amide bonds. The smallest absolute Gasteiger partial charge is 0.311 e. The summed E-state index contributed by atoms with van der Waals surface area (Å²) in [5.41, 5.74) is 0.284. The maximum atomic E-state index is 12.0. The zero-order valence-corrected chi connectivity index (χ0v) is 11.7. The minimum atomic E-state index is -0.822. The van der Waals surface area contributed by atoms with Crippen molar-refractivity contribution in [1.29, 1.82) is 0 Å². The molecule has 0 aromatic carbocycles. The number of H-pyrrole nitrogens is 1. The van der Waals surface area contributed by atoms with Gasteiger partial charge in [0.15, 0.2) is 0 Å². The van der Waals surface area contributed by atoms with Crippen LogP contribution in [0.15, 0.2) is 6.07 Å². The average molecular weight is 279 g/mol. The molecule has 1 aromatic heterocycles. The summed E-state index contributed by atoms with van der Waals surface area (Å²) in [6.45, 7) is 1.99. The highest BCUT2D eigenvalue weighted by molar-refractivity contribution is 5.92. The molecule has 0 radical (unpaired) electrons.